The zero-order valence-corrected chi connectivity index (χ0v) is 20.8. The van der Waals surface area contributed by atoms with Gasteiger partial charge in [-0.15, -0.1) is 0 Å². The van der Waals surface area contributed by atoms with Crippen LogP contribution in [0.3, 0.4) is 0 Å². The van der Waals surface area contributed by atoms with Crippen LogP contribution in [0, 0.1) is 35.4 Å². The van der Waals surface area contributed by atoms with Gasteiger partial charge in [-0.05, 0) is 63.9 Å². The highest BCUT2D eigenvalue weighted by Crippen LogP contribution is 2.42. The Morgan fingerprint density at radius 1 is 0.972 bits per heavy atom. The van der Waals surface area contributed by atoms with E-state index in [4.69, 9.17) is 5.10 Å². The van der Waals surface area contributed by atoms with Crippen LogP contribution in [0.25, 0.3) is 16.6 Å². The van der Waals surface area contributed by atoms with Crippen LogP contribution in [0.1, 0.15) is 48.5 Å². The fourth-order valence-electron chi connectivity index (χ4n) is 5.85. The largest absolute Gasteiger partial charge is 0.300 e. The normalized spacial score (nSPS) is 21.5. The van der Waals surface area contributed by atoms with Gasteiger partial charge in [0, 0.05) is 44.9 Å². The van der Waals surface area contributed by atoms with Crippen molar-refractivity contribution in [2.75, 3.05) is 7.05 Å². The van der Waals surface area contributed by atoms with E-state index in [0.29, 0.717) is 34.1 Å². The number of fused-ring (bicyclic) bond motifs is 3. The zero-order chi connectivity index (χ0) is 25.0. The lowest BCUT2D eigenvalue weighted by atomic mass is 9.97. The molecule has 1 aromatic carbocycles. The van der Waals surface area contributed by atoms with Crippen molar-refractivity contribution >= 4 is 17.3 Å². The Balaban J connectivity index is 1.42. The summed E-state index contributed by atoms with van der Waals surface area (Å²) in [6.07, 6.45) is 10.1. The Morgan fingerprint density at radius 2 is 1.72 bits per heavy atom. The molecule has 3 atom stereocenters. The van der Waals surface area contributed by atoms with Gasteiger partial charge in [-0.1, -0.05) is 11.8 Å². The maximum atomic E-state index is 13.7. The van der Waals surface area contributed by atoms with E-state index in [1.165, 1.54) is 36.7 Å². The van der Waals surface area contributed by atoms with Crippen molar-refractivity contribution in [2.24, 2.45) is 0 Å². The number of piperidine rings is 1. The van der Waals surface area contributed by atoms with Gasteiger partial charge in [0.25, 0.3) is 0 Å². The highest BCUT2D eigenvalue weighted by molar-refractivity contribution is 7.99. The highest BCUT2D eigenvalue weighted by atomic mass is 32.2. The summed E-state index contributed by atoms with van der Waals surface area (Å²) in [6, 6.07) is 12.1. The van der Waals surface area contributed by atoms with Gasteiger partial charge in [0.15, 0.2) is 0 Å². The molecule has 9 heteroatoms. The molecule has 0 aliphatic carbocycles. The lowest BCUT2D eigenvalue weighted by Crippen LogP contribution is -2.40. The number of benzene rings is 1. The monoisotopic (exact) mass is 497 g/mol. The fraction of sp³-hybridized carbons (Fsp3) is 0.333. The average molecular weight is 498 g/mol. The van der Waals surface area contributed by atoms with E-state index in [1.54, 1.807) is 16.8 Å². The van der Waals surface area contributed by atoms with Gasteiger partial charge in [0.05, 0.1) is 35.1 Å². The summed E-state index contributed by atoms with van der Waals surface area (Å²) in [6.45, 7) is 2.11. The lowest BCUT2D eigenvalue weighted by molar-refractivity contribution is 0.130. The number of nitriles is 2. The summed E-state index contributed by atoms with van der Waals surface area (Å²) in [7, 11) is 2.24. The number of aromatic nitrogens is 4. The summed E-state index contributed by atoms with van der Waals surface area (Å²) < 4.78 is 17.6. The summed E-state index contributed by atoms with van der Waals surface area (Å²) in [4.78, 5) is 3.93. The number of halogens is 1. The van der Waals surface area contributed by atoms with Gasteiger partial charge in [-0.25, -0.2) is 8.91 Å². The molecular weight excluding hydrogens is 473 g/mol. The second-order valence-electron chi connectivity index (χ2n) is 9.67. The summed E-state index contributed by atoms with van der Waals surface area (Å²) in [5, 5.41) is 28.4. The molecule has 2 aliphatic heterocycles. The Bertz CT molecular complexity index is 1560. The molecule has 2 aliphatic rings. The van der Waals surface area contributed by atoms with E-state index < -0.39 is 5.82 Å². The molecule has 36 heavy (non-hydrogen) atoms. The quantitative estimate of drug-likeness (QED) is 0.378. The van der Waals surface area contributed by atoms with Crippen molar-refractivity contribution in [1.29, 1.82) is 10.5 Å². The molecular formula is C27H24FN7S. The Hall–Kier alpha value is -3.66. The van der Waals surface area contributed by atoms with Gasteiger partial charge in [0.2, 0.25) is 0 Å². The fourth-order valence-corrected chi connectivity index (χ4v) is 6.92. The minimum atomic E-state index is -0.456. The molecule has 180 valence electrons. The third-order valence-electron chi connectivity index (χ3n) is 7.75. The van der Waals surface area contributed by atoms with Gasteiger partial charge in [0.1, 0.15) is 18.0 Å². The number of pyridine rings is 1. The highest BCUT2D eigenvalue weighted by Gasteiger charge is 2.39. The molecule has 2 fully saturated rings. The molecule has 0 spiro atoms. The van der Waals surface area contributed by atoms with E-state index in [-0.39, 0.29) is 5.56 Å². The number of hydrogen-bond acceptors (Lipinski definition) is 6. The van der Waals surface area contributed by atoms with E-state index in [0.717, 1.165) is 34.6 Å². The van der Waals surface area contributed by atoms with Crippen LogP contribution < -0.4 is 0 Å². The van der Waals surface area contributed by atoms with E-state index >= 15 is 0 Å². The zero-order valence-electron chi connectivity index (χ0n) is 20.0. The van der Waals surface area contributed by atoms with E-state index in [9.17, 15) is 14.9 Å². The van der Waals surface area contributed by atoms with Crippen molar-refractivity contribution in [3.05, 3.63) is 65.5 Å². The standard InChI is InChI=1S/C27H24FN7S/c1-16-24(14-32-35(16)23-9-21-4-5-22(10-23)33(21)2)18-8-26(27-19(12-30)13-31-34(27)15-18)36-25-6-3-20(28)7-17(25)11-29/h3,6-8,13-15,21-23H,4-5,9-10H2,1-2H3/t21-,22?,23?/m0/s1. The second-order valence-corrected chi connectivity index (χ2v) is 10.8. The first-order valence-corrected chi connectivity index (χ1v) is 12.8. The summed E-state index contributed by atoms with van der Waals surface area (Å²) in [5.74, 6) is -0.456. The van der Waals surface area contributed by atoms with Crippen LogP contribution >= 0.6 is 11.8 Å². The van der Waals surface area contributed by atoms with Crippen LogP contribution in [0.5, 0.6) is 0 Å². The van der Waals surface area contributed by atoms with Crippen molar-refractivity contribution in [3.8, 4) is 23.3 Å². The topological polar surface area (TPSA) is 85.9 Å². The van der Waals surface area contributed by atoms with Crippen molar-refractivity contribution in [1.82, 2.24) is 24.3 Å². The van der Waals surface area contributed by atoms with E-state index in [2.05, 4.69) is 40.8 Å². The van der Waals surface area contributed by atoms with Crippen molar-refractivity contribution in [2.45, 2.75) is 60.5 Å². The minimum absolute atomic E-state index is 0.252. The van der Waals surface area contributed by atoms with Crippen LogP contribution in [0.2, 0.25) is 0 Å². The van der Waals surface area contributed by atoms with Gasteiger partial charge >= 0.3 is 0 Å². The summed E-state index contributed by atoms with van der Waals surface area (Å²) >= 11 is 1.34. The molecule has 0 N–H and O–H groups in total. The maximum Gasteiger partial charge on any atom is 0.124 e. The van der Waals surface area contributed by atoms with Gasteiger partial charge in [-0.3, -0.25) is 4.68 Å². The van der Waals surface area contributed by atoms with E-state index in [1.807, 2.05) is 18.5 Å². The molecule has 0 amide bonds. The molecule has 7 nitrogen and oxygen atoms in total. The SMILES string of the molecule is Cc1c(-c2cc(Sc3ccc(F)cc3C#N)c3c(C#N)cnn3c2)cnn1C1CC2CC[C@@H](C1)N2C. The Labute approximate surface area is 212 Å². The molecule has 5 heterocycles. The van der Waals surface area contributed by atoms with Gasteiger partial charge in [-0.2, -0.15) is 20.7 Å². The molecule has 2 saturated heterocycles. The molecule has 2 unspecified atom stereocenters. The first kappa shape index (κ1) is 22.8. The first-order chi connectivity index (χ1) is 17.5. The third-order valence-corrected chi connectivity index (χ3v) is 8.86. The minimum Gasteiger partial charge on any atom is -0.300 e. The maximum absolute atomic E-state index is 13.7. The predicted molar refractivity (Wildman–Crippen MR) is 134 cm³/mol. The predicted octanol–water partition coefficient (Wildman–Crippen LogP) is 5.34. The van der Waals surface area contributed by atoms with Crippen LogP contribution in [0.15, 0.2) is 52.6 Å². The van der Waals surface area contributed by atoms with Crippen LogP contribution in [-0.2, 0) is 0 Å². The Morgan fingerprint density at radius 3 is 2.44 bits per heavy atom. The number of rotatable bonds is 4. The van der Waals surface area contributed by atoms with Crippen molar-refractivity contribution in [3.63, 3.8) is 0 Å². The molecule has 2 bridgehead atoms. The number of nitrogens with zero attached hydrogens (tertiary/aromatic N) is 7. The van der Waals surface area contributed by atoms with Crippen LogP contribution in [-0.4, -0.2) is 43.4 Å². The first-order valence-electron chi connectivity index (χ1n) is 12.0. The van der Waals surface area contributed by atoms with Crippen molar-refractivity contribution < 1.29 is 4.39 Å². The third kappa shape index (κ3) is 3.67. The molecule has 3 aromatic heterocycles. The van der Waals surface area contributed by atoms with Crippen LogP contribution in [0.4, 0.5) is 4.39 Å². The second kappa shape index (κ2) is 8.77. The lowest BCUT2D eigenvalue weighted by Gasteiger charge is -2.36. The number of hydrogen-bond donors (Lipinski definition) is 0. The molecule has 0 radical (unpaired) electrons. The Kier molecular flexibility index (Phi) is 5.55. The molecule has 0 saturated carbocycles. The molecule has 4 aromatic rings. The average Bonchev–Trinajstić information content (AvgIpc) is 3.52. The van der Waals surface area contributed by atoms with Gasteiger partial charge < -0.3 is 4.90 Å². The summed E-state index contributed by atoms with van der Waals surface area (Å²) in [5.41, 5.74) is 4.40. The smallest absolute Gasteiger partial charge is 0.124 e. The molecule has 6 rings (SSSR count).